The van der Waals surface area contributed by atoms with Crippen molar-refractivity contribution in [3.05, 3.63) is 58.6 Å². The molecule has 0 radical (unpaired) electrons. The van der Waals surface area contributed by atoms with E-state index in [2.05, 4.69) is 4.99 Å². The molecule has 2 aromatic rings. The number of nitrogens with zero attached hydrogens (tertiary/aromatic N) is 1. The molecule has 0 N–H and O–H groups in total. The second-order valence-electron chi connectivity index (χ2n) is 5.11. The van der Waals surface area contributed by atoms with Gasteiger partial charge in [-0.25, -0.2) is 0 Å². The summed E-state index contributed by atoms with van der Waals surface area (Å²) in [5.41, 5.74) is 1.79. The number of carbonyl (C=O) groups excluding carboxylic acids is 1. The molecule has 118 valence electrons. The molecule has 23 heavy (non-hydrogen) atoms. The van der Waals surface area contributed by atoms with Crippen molar-refractivity contribution in [3.8, 4) is 5.75 Å². The van der Waals surface area contributed by atoms with Gasteiger partial charge in [0.05, 0.1) is 13.2 Å². The fourth-order valence-corrected chi connectivity index (χ4v) is 3.56. The predicted octanol–water partition coefficient (Wildman–Crippen LogP) is 4.67. The Morgan fingerprint density at radius 1 is 1.26 bits per heavy atom. The number of Topliss-reactive ketones (excluding diaryl/α,β-unsaturated/α-hetero) is 1. The lowest BCUT2D eigenvalue weighted by Gasteiger charge is -2.03. The minimum atomic E-state index is -0.255. The van der Waals surface area contributed by atoms with Crippen molar-refractivity contribution >= 4 is 35.4 Å². The molecule has 3 rings (SSSR count). The van der Waals surface area contributed by atoms with E-state index in [4.69, 9.17) is 16.3 Å². The van der Waals surface area contributed by atoms with E-state index in [9.17, 15) is 4.79 Å². The molecule has 2 aromatic carbocycles. The fraction of sp³-hybridized carbons (Fsp3) is 0.222. The summed E-state index contributed by atoms with van der Waals surface area (Å²) in [7, 11) is 0. The number of hydrogen-bond acceptors (Lipinski definition) is 4. The minimum absolute atomic E-state index is 0.0893. The highest BCUT2D eigenvalue weighted by Crippen LogP contribution is 2.38. The SMILES string of the molecule is CCOc1ccc2c(c1)C(=O)[C@H](C=NCc1ccc(Cl)cc1)S2. The Bertz CT molecular complexity index is 743. The van der Waals surface area contributed by atoms with Gasteiger partial charge < -0.3 is 4.74 Å². The normalized spacial score (nSPS) is 16.8. The van der Waals surface area contributed by atoms with Gasteiger partial charge in [-0.15, -0.1) is 11.8 Å². The first-order valence-electron chi connectivity index (χ1n) is 7.39. The van der Waals surface area contributed by atoms with E-state index in [-0.39, 0.29) is 11.0 Å². The zero-order valence-corrected chi connectivity index (χ0v) is 14.2. The Kier molecular flexibility index (Phi) is 5.03. The van der Waals surface area contributed by atoms with Crippen molar-refractivity contribution in [1.29, 1.82) is 0 Å². The maximum atomic E-state index is 12.5. The fourth-order valence-electron chi connectivity index (χ4n) is 2.35. The molecule has 5 heteroatoms. The number of rotatable bonds is 5. The van der Waals surface area contributed by atoms with E-state index in [0.29, 0.717) is 18.2 Å². The van der Waals surface area contributed by atoms with Gasteiger partial charge in [-0.1, -0.05) is 23.7 Å². The standard InChI is InChI=1S/C18H16ClNO2S/c1-2-22-14-7-8-16-15(9-14)18(21)17(23-16)11-20-10-12-3-5-13(19)6-4-12/h3-9,11,17H,2,10H2,1H3/t17-/m0/s1. The van der Waals surface area contributed by atoms with Crippen molar-refractivity contribution in [2.45, 2.75) is 23.6 Å². The largest absolute Gasteiger partial charge is 0.494 e. The van der Waals surface area contributed by atoms with Gasteiger partial charge in [0.1, 0.15) is 11.0 Å². The van der Waals surface area contributed by atoms with Crippen LogP contribution < -0.4 is 4.74 Å². The maximum Gasteiger partial charge on any atom is 0.182 e. The lowest BCUT2D eigenvalue weighted by Crippen LogP contribution is -2.13. The third kappa shape index (κ3) is 3.77. The van der Waals surface area contributed by atoms with Gasteiger partial charge in [-0.3, -0.25) is 9.79 Å². The van der Waals surface area contributed by atoms with E-state index in [1.165, 1.54) is 11.8 Å². The number of halogens is 1. The number of hydrogen-bond donors (Lipinski definition) is 0. The van der Waals surface area contributed by atoms with Crippen LogP contribution in [-0.4, -0.2) is 23.9 Å². The van der Waals surface area contributed by atoms with E-state index in [0.717, 1.165) is 21.8 Å². The third-order valence-electron chi connectivity index (χ3n) is 3.47. The summed E-state index contributed by atoms with van der Waals surface area (Å²) >= 11 is 7.39. The lowest BCUT2D eigenvalue weighted by molar-refractivity contribution is 0.101. The Hall–Kier alpha value is -1.78. The summed E-state index contributed by atoms with van der Waals surface area (Å²) < 4.78 is 5.46. The lowest BCUT2D eigenvalue weighted by atomic mass is 10.1. The molecule has 0 unspecified atom stereocenters. The highest BCUT2D eigenvalue weighted by atomic mass is 35.5. The smallest absolute Gasteiger partial charge is 0.182 e. The van der Waals surface area contributed by atoms with Crippen LogP contribution >= 0.6 is 23.4 Å². The molecule has 0 saturated heterocycles. The highest BCUT2D eigenvalue weighted by Gasteiger charge is 2.30. The van der Waals surface area contributed by atoms with Crippen LogP contribution in [0.5, 0.6) is 5.75 Å². The molecule has 0 saturated carbocycles. The zero-order valence-electron chi connectivity index (χ0n) is 12.7. The molecule has 3 nitrogen and oxygen atoms in total. The summed E-state index contributed by atoms with van der Waals surface area (Å²) in [6, 6.07) is 13.2. The molecule has 0 aliphatic carbocycles. The highest BCUT2D eigenvalue weighted by molar-refractivity contribution is 8.02. The maximum absolute atomic E-state index is 12.5. The average molecular weight is 346 g/mol. The second-order valence-corrected chi connectivity index (χ2v) is 6.73. The first-order valence-corrected chi connectivity index (χ1v) is 8.65. The van der Waals surface area contributed by atoms with Crippen LogP contribution in [-0.2, 0) is 6.54 Å². The monoisotopic (exact) mass is 345 g/mol. The molecule has 0 fully saturated rings. The Morgan fingerprint density at radius 3 is 2.78 bits per heavy atom. The summed E-state index contributed by atoms with van der Waals surface area (Å²) in [5.74, 6) is 0.824. The number of fused-ring (bicyclic) bond motifs is 1. The van der Waals surface area contributed by atoms with Gasteiger partial charge in [-0.2, -0.15) is 0 Å². The number of aliphatic imine (C=N–C) groups is 1. The average Bonchev–Trinajstić information content (AvgIpc) is 2.86. The molecular weight excluding hydrogens is 330 g/mol. The van der Waals surface area contributed by atoms with E-state index in [1.807, 2.05) is 49.4 Å². The van der Waals surface area contributed by atoms with Crippen LogP contribution in [0.15, 0.2) is 52.4 Å². The number of ketones is 1. The molecule has 0 spiro atoms. The molecule has 1 atom stereocenters. The minimum Gasteiger partial charge on any atom is -0.494 e. The van der Waals surface area contributed by atoms with Crippen LogP contribution in [0.25, 0.3) is 0 Å². The molecule has 0 bridgehead atoms. The van der Waals surface area contributed by atoms with E-state index >= 15 is 0 Å². The Balaban J connectivity index is 1.67. The molecule has 0 amide bonds. The first kappa shape index (κ1) is 16.1. The van der Waals surface area contributed by atoms with Crippen LogP contribution in [0.4, 0.5) is 0 Å². The van der Waals surface area contributed by atoms with Crippen LogP contribution in [0.3, 0.4) is 0 Å². The summed E-state index contributed by atoms with van der Waals surface area (Å²) in [5, 5.41) is 0.453. The van der Waals surface area contributed by atoms with Crippen LogP contribution in [0.1, 0.15) is 22.8 Å². The summed E-state index contributed by atoms with van der Waals surface area (Å²) in [6.07, 6.45) is 1.74. The van der Waals surface area contributed by atoms with Gasteiger partial charge in [-0.05, 0) is 42.8 Å². The predicted molar refractivity (Wildman–Crippen MR) is 95.2 cm³/mol. The zero-order chi connectivity index (χ0) is 16.2. The summed E-state index contributed by atoms with van der Waals surface area (Å²) in [4.78, 5) is 17.8. The van der Waals surface area contributed by atoms with Crippen LogP contribution in [0.2, 0.25) is 5.02 Å². The van der Waals surface area contributed by atoms with Crippen molar-refractivity contribution in [1.82, 2.24) is 0 Å². The topological polar surface area (TPSA) is 38.7 Å². The number of thioether (sulfide) groups is 1. The van der Waals surface area contributed by atoms with Crippen molar-refractivity contribution in [2.75, 3.05) is 6.61 Å². The third-order valence-corrected chi connectivity index (χ3v) is 4.92. The van der Waals surface area contributed by atoms with Gasteiger partial charge >= 0.3 is 0 Å². The second kappa shape index (κ2) is 7.20. The Morgan fingerprint density at radius 2 is 2.04 bits per heavy atom. The number of carbonyl (C=O) groups is 1. The quantitative estimate of drug-likeness (QED) is 0.739. The van der Waals surface area contributed by atoms with Gasteiger partial charge in [0.25, 0.3) is 0 Å². The molecule has 1 aliphatic heterocycles. The first-order chi connectivity index (χ1) is 11.2. The van der Waals surface area contributed by atoms with E-state index in [1.54, 1.807) is 6.21 Å². The van der Waals surface area contributed by atoms with Gasteiger partial charge in [0, 0.05) is 21.7 Å². The molecule has 1 heterocycles. The van der Waals surface area contributed by atoms with Crippen molar-refractivity contribution in [3.63, 3.8) is 0 Å². The van der Waals surface area contributed by atoms with Gasteiger partial charge in [0.15, 0.2) is 5.78 Å². The number of ether oxygens (including phenoxy) is 1. The Labute approximate surface area is 144 Å². The van der Waals surface area contributed by atoms with Crippen molar-refractivity contribution < 1.29 is 9.53 Å². The van der Waals surface area contributed by atoms with Gasteiger partial charge in [0.2, 0.25) is 0 Å². The number of benzene rings is 2. The molecule has 1 aliphatic rings. The summed E-state index contributed by atoms with van der Waals surface area (Å²) in [6.45, 7) is 3.06. The molecular formula is C18H16ClNO2S. The molecule has 0 aromatic heterocycles. The van der Waals surface area contributed by atoms with Crippen LogP contribution in [0, 0.1) is 0 Å². The van der Waals surface area contributed by atoms with Crippen molar-refractivity contribution in [2.24, 2.45) is 4.99 Å². The van der Waals surface area contributed by atoms with E-state index < -0.39 is 0 Å².